The maximum atomic E-state index is 12.2. The fourth-order valence-electron chi connectivity index (χ4n) is 1.89. The Balaban J connectivity index is 2.02. The third-order valence-electron chi connectivity index (χ3n) is 3.13. The van der Waals surface area contributed by atoms with E-state index in [4.69, 9.17) is 0 Å². The van der Waals surface area contributed by atoms with Gasteiger partial charge in [-0.15, -0.1) is 11.8 Å². The van der Waals surface area contributed by atoms with Crippen molar-refractivity contribution in [3.63, 3.8) is 0 Å². The summed E-state index contributed by atoms with van der Waals surface area (Å²) in [5.74, 6) is 0.0277. The second-order valence-corrected chi connectivity index (χ2v) is 5.63. The SMILES string of the molecule is CS/C(=C/C(=O)c1ccc(C)cc1)NCc1ccccc1. The highest BCUT2D eigenvalue weighted by atomic mass is 32.2. The second kappa shape index (κ2) is 7.70. The molecule has 2 rings (SSSR count). The van der Waals surface area contributed by atoms with Crippen molar-refractivity contribution < 1.29 is 4.79 Å². The maximum absolute atomic E-state index is 12.2. The Morgan fingerprint density at radius 1 is 1.10 bits per heavy atom. The summed E-state index contributed by atoms with van der Waals surface area (Å²) < 4.78 is 0. The molecule has 0 aliphatic rings. The van der Waals surface area contributed by atoms with E-state index in [2.05, 4.69) is 17.4 Å². The summed E-state index contributed by atoms with van der Waals surface area (Å²) in [5, 5.41) is 4.18. The number of carbonyl (C=O) groups excluding carboxylic acids is 1. The first kappa shape index (κ1) is 15.4. The summed E-state index contributed by atoms with van der Waals surface area (Å²) in [6.07, 6.45) is 3.63. The number of hydrogen-bond acceptors (Lipinski definition) is 3. The van der Waals surface area contributed by atoms with Crippen LogP contribution in [-0.2, 0) is 6.54 Å². The number of thioether (sulfide) groups is 1. The molecule has 0 aliphatic heterocycles. The molecule has 108 valence electrons. The quantitative estimate of drug-likeness (QED) is 0.641. The highest BCUT2D eigenvalue weighted by molar-refractivity contribution is 8.02. The number of carbonyl (C=O) groups is 1. The lowest BCUT2D eigenvalue weighted by Crippen LogP contribution is -2.12. The largest absolute Gasteiger partial charge is 0.376 e. The normalized spacial score (nSPS) is 11.2. The molecule has 0 aromatic heterocycles. The van der Waals surface area contributed by atoms with Crippen LogP contribution < -0.4 is 5.32 Å². The Morgan fingerprint density at radius 3 is 2.38 bits per heavy atom. The minimum atomic E-state index is 0.0277. The van der Waals surface area contributed by atoms with Crippen molar-refractivity contribution in [3.8, 4) is 0 Å². The van der Waals surface area contributed by atoms with Crippen molar-refractivity contribution in [2.45, 2.75) is 13.5 Å². The van der Waals surface area contributed by atoms with Gasteiger partial charge in [-0.3, -0.25) is 4.79 Å². The molecule has 0 radical (unpaired) electrons. The van der Waals surface area contributed by atoms with Gasteiger partial charge in [0.1, 0.15) is 0 Å². The monoisotopic (exact) mass is 297 g/mol. The van der Waals surface area contributed by atoms with Gasteiger partial charge < -0.3 is 5.32 Å². The van der Waals surface area contributed by atoms with E-state index in [1.807, 2.05) is 55.6 Å². The number of allylic oxidation sites excluding steroid dienone is 1. The molecule has 0 spiro atoms. The molecule has 1 N–H and O–H groups in total. The van der Waals surface area contributed by atoms with Crippen molar-refractivity contribution in [1.29, 1.82) is 0 Å². The average molecular weight is 297 g/mol. The van der Waals surface area contributed by atoms with Crippen LogP contribution in [0, 0.1) is 6.92 Å². The first-order valence-electron chi connectivity index (χ1n) is 6.83. The number of rotatable bonds is 6. The fraction of sp³-hybridized carbons (Fsp3) is 0.167. The number of benzene rings is 2. The summed E-state index contributed by atoms with van der Waals surface area (Å²) in [6, 6.07) is 17.8. The Hall–Kier alpha value is -2.00. The zero-order valence-electron chi connectivity index (χ0n) is 12.3. The molecule has 2 aromatic carbocycles. The number of hydrogen-bond donors (Lipinski definition) is 1. The van der Waals surface area contributed by atoms with Crippen LogP contribution in [0.4, 0.5) is 0 Å². The molecule has 0 saturated carbocycles. The molecule has 0 unspecified atom stereocenters. The van der Waals surface area contributed by atoms with Gasteiger partial charge in [0.15, 0.2) is 5.78 Å². The minimum absolute atomic E-state index is 0.0277. The molecular formula is C18H19NOS. The van der Waals surface area contributed by atoms with E-state index in [0.717, 1.165) is 10.6 Å². The fourth-order valence-corrected chi connectivity index (χ4v) is 2.33. The molecule has 3 heteroatoms. The minimum Gasteiger partial charge on any atom is -0.376 e. The predicted molar refractivity (Wildman–Crippen MR) is 90.4 cm³/mol. The molecule has 21 heavy (non-hydrogen) atoms. The van der Waals surface area contributed by atoms with Gasteiger partial charge in [-0.1, -0.05) is 60.2 Å². The van der Waals surface area contributed by atoms with Gasteiger partial charge in [-0.2, -0.15) is 0 Å². The lowest BCUT2D eigenvalue weighted by atomic mass is 10.1. The highest BCUT2D eigenvalue weighted by Gasteiger charge is 2.04. The molecular weight excluding hydrogens is 278 g/mol. The van der Waals surface area contributed by atoms with Crippen LogP contribution in [0.1, 0.15) is 21.5 Å². The van der Waals surface area contributed by atoms with Crippen LogP contribution in [-0.4, -0.2) is 12.0 Å². The number of ketones is 1. The van der Waals surface area contributed by atoms with Crippen molar-refractivity contribution in [2.24, 2.45) is 0 Å². The van der Waals surface area contributed by atoms with E-state index in [-0.39, 0.29) is 5.78 Å². The third kappa shape index (κ3) is 4.80. The highest BCUT2D eigenvalue weighted by Crippen LogP contribution is 2.12. The van der Waals surface area contributed by atoms with E-state index < -0.39 is 0 Å². The molecule has 0 atom stereocenters. The van der Waals surface area contributed by atoms with E-state index in [9.17, 15) is 4.79 Å². The first-order chi connectivity index (χ1) is 10.2. The molecule has 0 bridgehead atoms. The van der Waals surface area contributed by atoms with Gasteiger partial charge >= 0.3 is 0 Å². The van der Waals surface area contributed by atoms with Gasteiger partial charge in [0.2, 0.25) is 0 Å². The lowest BCUT2D eigenvalue weighted by molar-refractivity contribution is 0.104. The third-order valence-corrected chi connectivity index (χ3v) is 3.83. The lowest BCUT2D eigenvalue weighted by Gasteiger charge is -2.08. The van der Waals surface area contributed by atoms with Gasteiger partial charge in [0.05, 0.1) is 5.03 Å². The van der Waals surface area contributed by atoms with E-state index >= 15 is 0 Å². The summed E-state index contributed by atoms with van der Waals surface area (Å²) in [4.78, 5) is 12.2. The molecule has 0 heterocycles. The van der Waals surface area contributed by atoms with Crippen LogP contribution in [0.3, 0.4) is 0 Å². The Labute approximate surface area is 130 Å². The number of nitrogens with one attached hydrogen (secondary N) is 1. The van der Waals surface area contributed by atoms with Gasteiger partial charge in [-0.25, -0.2) is 0 Å². The first-order valence-corrected chi connectivity index (χ1v) is 8.06. The van der Waals surface area contributed by atoms with Crippen LogP contribution in [0.15, 0.2) is 65.7 Å². The summed E-state index contributed by atoms with van der Waals surface area (Å²) in [7, 11) is 0. The molecule has 0 saturated heterocycles. The number of aryl methyl sites for hydroxylation is 1. The summed E-state index contributed by atoms with van der Waals surface area (Å²) >= 11 is 1.54. The van der Waals surface area contributed by atoms with Crippen molar-refractivity contribution in [1.82, 2.24) is 5.32 Å². The van der Waals surface area contributed by atoms with Crippen molar-refractivity contribution >= 4 is 17.5 Å². The Bertz CT molecular complexity index is 617. The van der Waals surface area contributed by atoms with Crippen LogP contribution >= 0.6 is 11.8 Å². The average Bonchev–Trinajstić information content (AvgIpc) is 2.53. The molecule has 0 aliphatic carbocycles. The van der Waals surface area contributed by atoms with Crippen LogP contribution in [0.25, 0.3) is 0 Å². The summed E-state index contributed by atoms with van der Waals surface area (Å²) in [5.41, 5.74) is 3.07. The molecule has 2 aromatic rings. The topological polar surface area (TPSA) is 29.1 Å². The second-order valence-electron chi connectivity index (χ2n) is 4.78. The van der Waals surface area contributed by atoms with Crippen molar-refractivity contribution in [3.05, 3.63) is 82.4 Å². The maximum Gasteiger partial charge on any atom is 0.188 e. The van der Waals surface area contributed by atoms with E-state index in [1.165, 1.54) is 5.56 Å². The standard InChI is InChI=1S/C18H19NOS/c1-14-8-10-16(11-9-14)17(20)12-18(21-2)19-13-15-6-4-3-5-7-15/h3-12,19H,13H2,1-2H3/b18-12+. The van der Waals surface area contributed by atoms with E-state index in [1.54, 1.807) is 17.8 Å². The molecule has 0 fully saturated rings. The van der Waals surface area contributed by atoms with Gasteiger partial charge in [0.25, 0.3) is 0 Å². The van der Waals surface area contributed by atoms with Gasteiger partial charge in [-0.05, 0) is 18.7 Å². The Morgan fingerprint density at radius 2 is 1.76 bits per heavy atom. The smallest absolute Gasteiger partial charge is 0.188 e. The van der Waals surface area contributed by atoms with Crippen LogP contribution in [0.5, 0.6) is 0 Å². The zero-order valence-corrected chi connectivity index (χ0v) is 13.1. The van der Waals surface area contributed by atoms with Gasteiger partial charge in [0, 0.05) is 18.2 Å². The summed E-state index contributed by atoms with van der Waals surface area (Å²) in [6.45, 7) is 2.73. The molecule has 2 nitrogen and oxygen atoms in total. The van der Waals surface area contributed by atoms with Crippen LogP contribution in [0.2, 0.25) is 0 Å². The Kier molecular flexibility index (Phi) is 5.64. The predicted octanol–water partition coefficient (Wildman–Crippen LogP) is 4.17. The molecule has 0 amide bonds. The zero-order chi connectivity index (χ0) is 15.1. The van der Waals surface area contributed by atoms with Crippen molar-refractivity contribution in [2.75, 3.05) is 6.26 Å². The van der Waals surface area contributed by atoms with E-state index in [0.29, 0.717) is 12.1 Å².